The number of rotatable bonds is 53. The first-order chi connectivity index (χ1) is 33.9. The van der Waals surface area contributed by atoms with Crippen LogP contribution in [0.15, 0.2) is 24.3 Å². The summed E-state index contributed by atoms with van der Waals surface area (Å²) < 4.78 is 23.0. The monoisotopic (exact) mass is 979 g/mol. The molecule has 0 radical (unpaired) electrons. The summed E-state index contributed by atoms with van der Waals surface area (Å²) in [5, 5.41) is 40.4. The van der Waals surface area contributed by atoms with Gasteiger partial charge in [0, 0.05) is 13.0 Å². The number of allylic oxidation sites excluding steroid dienone is 4. The minimum Gasteiger partial charge on any atom is -0.457 e. The molecule has 1 aliphatic heterocycles. The summed E-state index contributed by atoms with van der Waals surface area (Å²) in [5.41, 5.74) is 0. The fourth-order valence-electron chi connectivity index (χ4n) is 9.47. The zero-order chi connectivity index (χ0) is 49.9. The van der Waals surface area contributed by atoms with Gasteiger partial charge < -0.3 is 39.4 Å². The first-order valence-electron chi connectivity index (χ1n) is 29.9. The molecule has 0 aromatic carbocycles. The van der Waals surface area contributed by atoms with Gasteiger partial charge in [0.2, 0.25) is 0 Å². The van der Waals surface area contributed by atoms with Crippen LogP contribution in [0, 0.1) is 0 Å². The van der Waals surface area contributed by atoms with Crippen LogP contribution in [-0.4, -0.2) is 89.6 Å². The number of carbonyl (C=O) groups excluding carboxylic acids is 1. The fourth-order valence-corrected chi connectivity index (χ4v) is 9.47. The van der Waals surface area contributed by atoms with Crippen molar-refractivity contribution in [2.45, 2.75) is 327 Å². The van der Waals surface area contributed by atoms with Gasteiger partial charge in [-0.05, 0) is 44.9 Å². The van der Waals surface area contributed by atoms with Crippen molar-refractivity contribution in [3.63, 3.8) is 0 Å². The molecule has 0 aromatic heterocycles. The van der Waals surface area contributed by atoms with E-state index in [1.54, 1.807) is 0 Å². The molecule has 1 rings (SSSR count). The minimum atomic E-state index is -1.54. The van der Waals surface area contributed by atoms with E-state index >= 15 is 0 Å². The molecule has 408 valence electrons. The number of unbranched alkanes of at least 4 members (excludes halogenated alkanes) is 38. The van der Waals surface area contributed by atoms with Crippen molar-refractivity contribution in [1.82, 2.24) is 0 Å². The third-order valence-electron chi connectivity index (χ3n) is 14.1. The Kier molecular flexibility index (Phi) is 49.1. The number of ether oxygens (including phenoxy) is 4. The third-order valence-corrected chi connectivity index (χ3v) is 14.1. The molecule has 0 saturated carbocycles. The van der Waals surface area contributed by atoms with E-state index in [1.165, 1.54) is 231 Å². The molecule has 0 bridgehead atoms. The summed E-state index contributed by atoms with van der Waals surface area (Å²) in [6, 6.07) is 0. The minimum absolute atomic E-state index is 0.109. The number of hydrogen-bond donors (Lipinski definition) is 4. The normalized spacial score (nSPS) is 19.1. The first kappa shape index (κ1) is 65.7. The molecule has 9 nitrogen and oxygen atoms in total. The number of aliphatic hydroxyl groups is 4. The summed E-state index contributed by atoms with van der Waals surface area (Å²) >= 11 is 0. The molecule has 4 N–H and O–H groups in total. The molecule has 0 amide bonds. The Morgan fingerprint density at radius 3 is 1.25 bits per heavy atom. The molecule has 69 heavy (non-hydrogen) atoms. The van der Waals surface area contributed by atoms with Crippen LogP contribution >= 0.6 is 0 Å². The van der Waals surface area contributed by atoms with Crippen molar-refractivity contribution in [3.05, 3.63) is 24.3 Å². The van der Waals surface area contributed by atoms with Gasteiger partial charge in [0.25, 0.3) is 0 Å². The lowest BCUT2D eigenvalue weighted by atomic mass is 9.99. The molecule has 1 heterocycles. The Balaban J connectivity index is 2.13. The molecule has 1 saturated heterocycles. The quantitative estimate of drug-likeness (QED) is 0.0267. The second-order valence-electron chi connectivity index (χ2n) is 20.8. The van der Waals surface area contributed by atoms with Gasteiger partial charge in [-0.2, -0.15) is 0 Å². The number of carbonyl (C=O) groups is 1. The van der Waals surface area contributed by atoms with Crippen LogP contribution in [-0.2, 0) is 23.7 Å². The smallest absolute Gasteiger partial charge is 0.306 e. The number of esters is 1. The van der Waals surface area contributed by atoms with E-state index in [0.29, 0.717) is 13.0 Å². The molecule has 0 spiro atoms. The van der Waals surface area contributed by atoms with Crippen molar-refractivity contribution >= 4 is 5.97 Å². The van der Waals surface area contributed by atoms with Gasteiger partial charge in [0.1, 0.15) is 30.5 Å². The Morgan fingerprint density at radius 2 is 0.841 bits per heavy atom. The van der Waals surface area contributed by atoms with Gasteiger partial charge in [-0.25, -0.2) is 0 Å². The summed E-state index contributed by atoms with van der Waals surface area (Å²) in [6.45, 7) is 4.62. The lowest BCUT2D eigenvalue weighted by Gasteiger charge is -2.39. The van der Waals surface area contributed by atoms with Crippen molar-refractivity contribution in [2.75, 3.05) is 26.4 Å². The molecule has 6 atom stereocenters. The van der Waals surface area contributed by atoms with E-state index in [9.17, 15) is 25.2 Å². The molecule has 9 heteroatoms. The summed E-state index contributed by atoms with van der Waals surface area (Å²) in [5.74, 6) is -0.309. The van der Waals surface area contributed by atoms with E-state index in [1.807, 2.05) is 0 Å². The zero-order valence-electron chi connectivity index (χ0n) is 45.3. The number of aliphatic hydroxyl groups excluding tert-OH is 4. The van der Waals surface area contributed by atoms with E-state index < -0.39 is 43.4 Å². The maximum atomic E-state index is 12.9. The van der Waals surface area contributed by atoms with Gasteiger partial charge in [0.05, 0.1) is 19.8 Å². The van der Waals surface area contributed by atoms with Gasteiger partial charge in [-0.1, -0.05) is 263 Å². The molecule has 0 aromatic rings. The van der Waals surface area contributed by atoms with Crippen molar-refractivity contribution < 1.29 is 44.2 Å². The molecular formula is C60H114O9. The molecule has 0 aliphatic carbocycles. The maximum Gasteiger partial charge on any atom is 0.306 e. The highest BCUT2D eigenvalue weighted by Gasteiger charge is 2.44. The Morgan fingerprint density at radius 1 is 0.464 bits per heavy atom. The Bertz CT molecular complexity index is 1110. The van der Waals surface area contributed by atoms with Crippen LogP contribution in [0.2, 0.25) is 0 Å². The first-order valence-corrected chi connectivity index (χ1v) is 29.9. The highest BCUT2D eigenvalue weighted by molar-refractivity contribution is 5.69. The largest absolute Gasteiger partial charge is 0.457 e. The fraction of sp³-hybridized carbons (Fsp3) is 0.917. The molecule has 1 fully saturated rings. The van der Waals surface area contributed by atoms with Gasteiger partial charge in [-0.3, -0.25) is 4.79 Å². The van der Waals surface area contributed by atoms with Crippen LogP contribution in [0.3, 0.4) is 0 Å². The lowest BCUT2D eigenvalue weighted by Crippen LogP contribution is -2.59. The summed E-state index contributed by atoms with van der Waals surface area (Å²) in [6.07, 6.45) is 56.6. The molecule has 6 unspecified atom stereocenters. The van der Waals surface area contributed by atoms with E-state index in [4.69, 9.17) is 18.9 Å². The average molecular weight is 980 g/mol. The number of hydrogen-bond acceptors (Lipinski definition) is 9. The maximum absolute atomic E-state index is 12.9. The zero-order valence-corrected chi connectivity index (χ0v) is 45.3. The second kappa shape index (κ2) is 51.6. The Hall–Kier alpha value is -1.33. The van der Waals surface area contributed by atoms with Crippen molar-refractivity contribution in [1.29, 1.82) is 0 Å². The lowest BCUT2D eigenvalue weighted by molar-refractivity contribution is -0.305. The van der Waals surface area contributed by atoms with E-state index in [-0.39, 0.29) is 19.2 Å². The summed E-state index contributed by atoms with van der Waals surface area (Å²) in [4.78, 5) is 12.9. The standard InChI is InChI=1S/C60H114O9/c1-3-5-7-9-11-13-15-17-19-21-23-25-27-29-31-33-35-37-39-41-43-45-47-49-56(62)68-54(53-67-60-59(65)58(64)57(63)55(51-61)69-60)52-66-50-48-46-44-42-40-38-36-34-32-30-28-26-24-22-20-18-16-14-12-10-8-6-4-2/h15,17,21,23,54-55,57-61,63-65H,3-14,16,18-20,22,24-53H2,1-2H3/b17-15-,23-21-. The highest BCUT2D eigenvalue weighted by atomic mass is 16.7. The van der Waals surface area contributed by atoms with Gasteiger partial charge >= 0.3 is 5.97 Å². The van der Waals surface area contributed by atoms with Crippen LogP contribution in [0.4, 0.5) is 0 Å². The second-order valence-corrected chi connectivity index (χ2v) is 20.8. The average Bonchev–Trinajstić information content (AvgIpc) is 3.35. The van der Waals surface area contributed by atoms with Gasteiger partial charge in [-0.15, -0.1) is 0 Å². The topological polar surface area (TPSA) is 135 Å². The highest BCUT2D eigenvalue weighted by Crippen LogP contribution is 2.23. The van der Waals surface area contributed by atoms with Crippen LogP contribution in [0.5, 0.6) is 0 Å². The Labute approximate surface area is 426 Å². The predicted octanol–water partition coefficient (Wildman–Crippen LogP) is 15.7. The molecule has 1 aliphatic rings. The van der Waals surface area contributed by atoms with E-state index in [2.05, 4.69) is 38.2 Å². The third kappa shape index (κ3) is 41.8. The van der Waals surface area contributed by atoms with E-state index in [0.717, 1.165) is 38.5 Å². The van der Waals surface area contributed by atoms with Crippen LogP contribution < -0.4 is 0 Å². The van der Waals surface area contributed by atoms with Crippen LogP contribution in [0.25, 0.3) is 0 Å². The molecular weight excluding hydrogens is 865 g/mol. The van der Waals surface area contributed by atoms with Crippen molar-refractivity contribution in [3.8, 4) is 0 Å². The van der Waals surface area contributed by atoms with Crippen LogP contribution in [0.1, 0.15) is 290 Å². The predicted molar refractivity (Wildman–Crippen MR) is 289 cm³/mol. The SMILES string of the molecule is CCCCCCC/C=C\C/C=C\CCCCCCCCCCCCCC(=O)OC(COCCCCCCCCCCCCCCCCCCCCCCCCC)COC1OC(CO)C(O)C(O)C1O. The van der Waals surface area contributed by atoms with Crippen molar-refractivity contribution in [2.24, 2.45) is 0 Å². The van der Waals surface area contributed by atoms with Gasteiger partial charge in [0.15, 0.2) is 6.29 Å². The summed E-state index contributed by atoms with van der Waals surface area (Å²) in [7, 11) is 0.